The lowest BCUT2D eigenvalue weighted by molar-refractivity contribution is -0.107. The highest BCUT2D eigenvalue weighted by Crippen LogP contribution is 2.11. The average Bonchev–Trinajstić information content (AvgIpc) is 1.99. The molecule has 0 heterocycles. The largest absolute Gasteiger partial charge is 0.303 e. The molecule has 0 spiro atoms. The van der Waals surface area contributed by atoms with E-state index < -0.39 is 0 Å². The number of rotatable bonds is 7. The Kier molecular flexibility index (Phi) is 8.75. The van der Waals surface area contributed by atoms with Crippen LogP contribution in [0.2, 0.25) is 0 Å². The van der Waals surface area contributed by atoms with Crippen molar-refractivity contribution in [2.24, 2.45) is 0 Å². The van der Waals surface area contributed by atoms with E-state index in [2.05, 4.69) is 25.3 Å². The maximum atomic E-state index is 9.94. The Balaban J connectivity index is 3.03. The van der Waals surface area contributed by atoms with E-state index in [0.717, 1.165) is 37.7 Å². The fraction of sp³-hybridized carbons (Fsp3) is 0.875. The summed E-state index contributed by atoms with van der Waals surface area (Å²) in [4.78, 5) is 9.94. The van der Waals surface area contributed by atoms with Gasteiger partial charge < -0.3 is 4.79 Å². The molecule has 0 amide bonds. The average molecular weight is 192 g/mol. The van der Waals surface area contributed by atoms with Gasteiger partial charge in [0.2, 0.25) is 0 Å². The fourth-order valence-corrected chi connectivity index (χ4v) is 1.73. The number of thiol groups is 2. The molecule has 0 saturated heterocycles. The summed E-state index contributed by atoms with van der Waals surface area (Å²) in [6.07, 6.45) is 5.96. The van der Waals surface area contributed by atoms with E-state index in [9.17, 15) is 4.79 Å². The highest BCUT2D eigenvalue weighted by atomic mass is 32.1. The van der Waals surface area contributed by atoms with E-state index in [-0.39, 0.29) is 0 Å². The molecule has 0 aliphatic rings. The summed E-state index contributed by atoms with van der Waals surface area (Å²) in [6, 6.07) is 0. The lowest BCUT2D eigenvalue weighted by Crippen LogP contribution is -1.99. The molecule has 0 radical (unpaired) electrons. The minimum atomic E-state index is 0.471. The Morgan fingerprint density at radius 1 is 1.27 bits per heavy atom. The van der Waals surface area contributed by atoms with Gasteiger partial charge in [-0.05, 0) is 25.0 Å². The Morgan fingerprint density at radius 2 is 2.00 bits per heavy atom. The highest BCUT2D eigenvalue weighted by Gasteiger charge is 2.00. The second-order valence-electron chi connectivity index (χ2n) is 2.62. The molecule has 0 unspecified atom stereocenters. The zero-order chi connectivity index (χ0) is 8.53. The van der Waals surface area contributed by atoms with Crippen LogP contribution in [-0.4, -0.2) is 17.3 Å². The summed E-state index contributed by atoms with van der Waals surface area (Å²) in [7, 11) is 0. The first-order valence-corrected chi connectivity index (χ1v) is 5.18. The smallest absolute Gasteiger partial charge is 0.119 e. The third-order valence-corrected chi connectivity index (χ3v) is 2.35. The Labute approximate surface area is 79.8 Å². The fourth-order valence-electron chi connectivity index (χ4n) is 0.901. The monoisotopic (exact) mass is 192 g/mol. The van der Waals surface area contributed by atoms with Crippen molar-refractivity contribution in [2.45, 2.75) is 37.4 Å². The number of carbonyl (C=O) groups excluding carboxylic acids is 1. The molecule has 0 aromatic carbocycles. The van der Waals surface area contributed by atoms with Crippen molar-refractivity contribution in [3.8, 4) is 0 Å². The van der Waals surface area contributed by atoms with Gasteiger partial charge in [0.15, 0.2) is 0 Å². The van der Waals surface area contributed by atoms with Crippen molar-refractivity contribution < 1.29 is 4.79 Å². The van der Waals surface area contributed by atoms with Crippen molar-refractivity contribution in [3.63, 3.8) is 0 Å². The Bertz CT molecular complexity index is 96.1. The predicted molar refractivity (Wildman–Crippen MR) is 55.8 cm³/mol. The minimum absolute atomic E-state index is 0.471. The van der Waals surface area contributed by atoms with Gasteiger partial charge in [0, 0.05) is 11.7 Å². The first-order chi connectivity index (χ1) is 5.31. The van der Waals surface area contributed by atoms with E-state index in [4.69, 9.17) is 0 Å². The lowest BCUT2D eigenvalue weighted by atomic mass is 10.1. The summed E-state index contributed by atoms with van der Waals surface area (Å²) in [5, 5.41) is 0.471. The molecule has 66 valence electrons. The maximum absolute atomic E-state index is 9.94. The number of unbranched alkanes of at least 4 members (excludes halogenated alkanes) is 2. The number of aldehydes is 1. The summed E-state index contributed by atoms with van der Waals surface area (Å²) in [6.45, 7) is 0. The van der Waals surface area contributed by atoms with Crippen molar-refractivity contribution >= 4 is 31.5 Å². The van der Waals surface area contributed by atoms with Crippen LogP contribution < -0.4 is 0 Å². The van der Waals surface area contributed by atoms with Gasteiger partial charge in [-0.25, -0.2) is 0 Å². The third kappa shape index (κ3) is 8.27. The zero-order valence-corrected chi connectivity index (χ0v) is 8.49. The van der Waals surface area contributed by atoms with Crippen molar-refractivity contribution in [1.29, 1.82) is 0 Å². The van der Waals surface area contributed by atoms with E-state index in [1.165, 1.54) is 0 Å². The summed E-state index contributed by atoms with van der Waals surface area (Å²) < 4.78 is 0. The number of hydrogen-bond donors (Lipinski definition) is 2. The van der Waals surface area contributed by atoms with Crippen LogP contribution in [0.4, 0.5) is 0 Å². The molecule has 0 rings (SSSR count). The molecule has 0 fully saturated rings. The summed E-state index contributed by atoms with van der Waals surface area (Å²) in [5.74, 6) is 0.905. The van der Waals surface area contributed by atoms with Gasteiger partial charge in [0.1, 0.15) is 6.29 Å². The molecular weight excluding hydrogens is 176 g/mol. The van der Waals surface area contributed by atoms with Crippen LogP contribution in [0.15, 0.2) is 0 Å². The van der Waals surface area contributed by atoms with Gasteiger partial charge in [0.05, 0.1) is 0 Å². The van der Waals surface area contributed by atoms with E-state index in [0.29, 0.717) is 11.7 Å². The first-order valence-electron chi connectivity index (χ1n) is 4.03. The van der Waals surface area contributed by atoms with Crippen LogP contribution in [0.3, 0.4) is 0 Å². The second-order valence-corrected chi connectivity index (χ2v) is 3.79. The standard InChI is InChI=1S/C8H16OS2/c9-6-3-1-2-4-8(11)5-7-10/h6,8,10-11H,1-5,7H2/t8-/m1/s1. The molecule has 1 nitrogen and oxygen atoms in total. The van der Waals surface area contributed by atoms with Crippen LogP contribution >= 0.6 is 25.3 Å². The van der Waals surface area contributed by atoms with Crippen LogP contribution in [0.25, 0.3) is 0 Å². The third-order valence-electron chi connectivity index (χ3n) is 1.57. The molecule has 1 atom stereocenters. The Hall–Kier alpha value is 0.370. The van der Waals surface area contributed by atoms with E-state index in [1.807, 2.05) is 0 Å². The number of carbonyl (C=O) groups is 1. The molecule has 0 saturated carbocycles. The first kappa shape index (κ1) is 11.4. The van der Waals surface area contributed by atoms with Crippen LogP contribution in [0.5, 0.6) is 0 Å². The molecule has 0 aliphatic carbocycles. The van der Waals surface area contributed by atoms with E-state index >= 15 is 0 Å². The SMILES string of the molecule is O=CCCCC[C@@H](S)CCS. The molecule has 0 aliphatic heterocycles. The van der Waals surface area contributed by atoms with Crippen molar-refractivity contribution in [1.82, 2.24) is 0 Å². The second kappa shape index (κ2) is 8.47. The molecule has 11 heavy (non-hydrogen) atoms. The van der Waals surface area contributed by atoms with Crippen molar-refractivity contribution in [2.75, 3.05) is 5.75 Å². The van der Waals surface area contributed by atoms with Gasteiger partial charge >= 0.3 is 0 Å². The highest BCUT2D eigenvalue weighted by molar-refractivity contribution is 7.81. The predicted octanol–water partition coefficient (Wildman–Crippen LogP) is 2.36. The molecule has 3 heteroatoms. The van der Waals surface area contributed by atoms with Crippen molar-refractivity contribution in [3.05, 3.63) is 0 Å². The van der Waals surface area contributed by atoms with Crippen LogP contribution in [0.1, 0.15) is 32.1 Å². The summed E-state index contributed by atoms with van der Waals surface area (Å²) >= 11 is 8.49. The quantitative estimate of drug-likeness (QED) is 0.360. The van der Waals surface area contributed by atoms with E-state index in [1.54, 1.807) is 0 Å². The van der Waals surface area contributed by atoms with Gasteiger partial charge in [-0.2, -0.15) is 25.3 Å². The topological polar surface area (TPSA) is 17.1 Å². The summed E-state index contributed by atoms with van der Waals surface area (Å²) in [5.41, 5.74) is 0. The Morgan fingerprint density at radius 3 is 2.55 bits per heavy atom. The maximum Gasteiger partial charge on any atom is 0.119 e. The van der Waals surface area contributed by atoms with Crippen LogP contribution in [0, 0.1) is 0 Å². The molecule has 0 bridgehead atoms. The van der Waals surface area contributed by atoms with Gasteiger partial charge in [0.25, 0.3) is 0 Å². The molecule has 0 N–H and O–H groups in total. The lowest BCUT2D eigenvalue weighted by Gasteiger charge is -2.06. The zero-order valence-electron chi connectivity index (χ0n) is 6.70. The molecular formula is C8H16OS2. The van der Waals surface area contributed by atoms with Gasteiger partial charge in [-0.3, -0.25) is 0 Å². The minimum Gasteiger partial charge on any atom is -0.303 e. The number of hydrogen-bond acceptors (Lipinski definition) is 3. The van der Waals surface area contributed by atoms with Gasteiger partial charge in [-0.15, -0.1) is 0 Å². The molecule has 0 aromatic rings. The molecule has 0 aromatic heterocycles. The normalized spacial score (nSPS) is 12.9. The van der Waals surface area contributed by atoms with Crippen LogP contribution in [-0.2, 0) is 4.79 Å². The van der Waals surface area contributed by atoms with Gasteiger partial charge in [-0.1, -0.05) is 6.42 Å².